The Morgan fingerprint density at radius 1 is 1.35 bits per heavy atom. The molecule has 4 nitrogen and oxygen atoms in total. The van der Waals surface area contributed by atoms with E-state index in [0.717, 1.165) is 0 Å². The Morgan fingerprint density at radius 3 is 2.70 bits per heavy atom. The molecule has 5 heteroatoms. The Morgan fingerprint density at radius 2 is 2.05 bits per heavy atom. The van der Waals surface area contributed by atoms with Crippen LogP contribution in [0.4, 0.5) is 4.39 Å². The van der Waals surface area contributed by atoms with Crippen molar-refractivity contribution in [2.75, 3.05) is 6.61 Å². The molecule has 0 heterocycles. The van der Waals surface area contributed by atoms with E-state index in [0.29, 0.717) is 31.6 Å². The van der Waals surface area contributed by atoms with Crippen molar-refractivity contribution in [2.45, 2.75) is 32.3 Å². The summed E-state index contributed by atoms with van der Waals surface area (Å²) in [6.45, 7) is 2.07. The summed E-state index contributed by atoms with van der Waals surface area (Å²) >= 11 is 0. The quantitative estimate of drug-likeness (QED) is 0.795. The van der Waals surface area contributed by atoms with Crippen LogP contribution in [0.3, 0.4) is 0 Å². The number of rotatable bonds is 4. The third-order valence-electron chi connectivity index (χ3n) is 3.31. The van der Waals surface area contributed by atoms with E-state index in [2.05, 4.69) is 0 Å². The maximum atomic E-state index is 12.8. The first-order valence-corrected chi connectivity index (χ1v) is 6.71. The standard InChI is InChI=1S/C15H17FO4/c1-2-19-15(18)10-3-8-13(17)14(9-10)20-12-6-4-11(16)5-7-12/h4-7,10,14H,2-3,8-9H2,1H3. The van der Waals surface area contributed by atoms with Crippen LogP contribution in [0.1, 0.15) is 26.2 Å². The number of ketones is 1. The highest BCUT2D eigenvalue weighted by Gasteiger charge is 2.34. The summed E-state index contributed by atoms with van der Waals surface area (Å²) < 4.78 is 23.3. The van der Waals surface area contributed by atoms with E-state index in [1.54, 1.807) is 6.92 Å². The topological polar surface area (TPSA) is 52.6 Å². The molecule has 0 saturated heterocycles. The molecule has 1 aliphatic rings. The molecule has 0 aliphatic heterocycles. The van der Waals surface area contributed by atoms with Crippen molar-refractivity contribution >= 4 is 11.8 Å². The van der Waals surface area contributed by atoms with E-state index >= 15 is 0 Å². The largest absolute Gasteiger partial charge is 0.483 e. The predicted octanol–water partition coefficient (Wildman–Crippen LogP) is 2.51. The molecular formula is C15H17FO4. The van der Waals surface area contributed by atoms with E-state index in [4.69, 9.17) is 9.47 Å². The van der Waals surface area contributed by atoms with E-state index in [1.807, 2.05) is 0 Å². The monoisotopic (exact) mass is 280 g/mol. The van der Waals surface area contributed by atoms with Gasteiger partial charge in [-0.3, -0.25) is 9.59 Å². The van der Waals surface area contributed by atoms with E-state index < -0.39 is 6.10 Å². The zero-order chi connectivity index (χ0) is 14.5. The number of Topliss-reactive ketones (excluding diaryl/α,β-unsaturated/α-hetero) is 1. The van der Waals surface area contributed by atoms with Crippen molar-refractivity contribution < 1.29 is 23.5 Å². The summed E-state index contributed by atoms with van der Waals surface area (Å²) in [4.78, 5) is 23.5. The van der Waals surface area contributed by atoms with Crippen molar-refractivity contribution in [3.05, 3.63) is 30.1 Å². The lowest BCUT2D eigenvalue weighted by Gasteiger charge is -2.27. The number of carbonyl (C=O) groups excluding carboxylic acids is 2. The summed E-state index contributed by atoms with van der Waals surface area (Å²) in [6, 6.07) is 5.48. The lowest BCUT2D eigenvalue weighted by atomic mass is 9.86. The van der Waals surface area contributed by atoms with Gasteiger partial charge in [0, 0.05) is 12.8 Å². The molecule has 1 aromatic rings. The summed E-state index contributed by atoms with van der Waals surface area (Å²) in [5.41, 5.74) is 0. The fraction of sp³-hybridized carbons (Fsp3) is 0.467. The van der Waals surface area contributed by atoms with Gasteiger partial charge in [-0.05, 0) is 37.6 Å². The molecule has 0 amide bonds. The second-order valence-electron chi connectivity index (χ2n) is 4.75. The van der Waals surface area contributed by atoms with Gasteiger partial charge < -0.3 is 9.47 Å². The zero-order valence-corrected chi connectivity index (χ0v) is 11.3. The van der Waals surface area contributed by atoms with Gasteiger partial charge in [0.25, 0.3) is 0 Å². The van der Waals surface area contributed by atoms with Crippen LogP contribution in [0, 0.1) is 11.7 Å². The number of halogens is 1. The van der Waals surface area contributed by atoms with Crippen molar-refractivity contribution in [1.82, 2.24) is 0 Å². The van der Waals surface area contributed by atoms with E-state index in [-0.39, 0.29) is 23.5 Å². The molecule has 1 fully saturated rings. The first kappa shape index (κ1) is 14.5. The molecule has 1 aliphatic carbocycles. The summed E-state index contributed by atoms with van der Waals surface area (Å²) in [7, 11) is 0. The lowest BCUT2D eigenvalue weighted by molar-refractivity contribution is -0.151. The molecule has 0 N–H and O–H groups in total. The van der Waals surface area contributed by atoms with Gasteiger partial charge >= 0.3 is 5.97 Å². The van der Waals surface area contributed by atoms with Crippen molar-refractivity contribution in [2.24, 2.45) is 5.92 Å². The molecule has 108 valence electrons. The van der Waals surface area contributed by atoms with Gasteiger partial charge in [-0.25, -0.2) is 4.39 Å². The lowest BCUT2D eigenvalue weighted by Crippen LogP contribution is -2.37. The van der Waals surface area contributed by atoms with Crippen LogP contribution < -0.4 is 4.74 Å². The highest BCUT2D eigenvalue weighted by Crippen LogP contribution is 2.26. The number of hydrogen-bond donors (Lipinski definition) is 0. The van der Waals surface area contributed by atoms with Crippen LogP contribution in [0.15, 0.2) is 24.3 Å². The molecule has 2 atom stereocenters. The Hall–Kier alpha value is -1.91. The molecule has 0 spiro atoms. The fourth-order valence-electron chi connectivity index (χ4n) is 2.25. The van der Waals surface area contributed by atoms with Crippen LogP contribution in [0.25, 0.3) is 0 Å². The van der Waals surface area contributed by atoms with Crippen LogP contribution >= 0.6 is 0 Å². The average Bonchev–Trinajstić information content (AvgIpc) is 2.44. The first-order valence-electron chi connectivity index (χ1n) is 6.71. The number of ether oxygens (including phenoxy) is 2. The second-order valence-corrected chi connectivity index (χ2v) is 4.75. The van der Waals surface area contributed by atoms with Crippen LogP contribution in [-0.4, -0.2) is 24.5 Å². The maximum Gasteiger partial charge on any atom is 0.309 e. The molecule has 1 saturated carbocycles. The predicted molar refractivity (Wildman–Crippen MR) is 69.8 cm³/mol. The maximum absolute atomic E-state index is 12.8. The van der Waals surface area contributed by atoms with Crippen molar-refractivity contribution in [3.63, 3.8) is 0 Å². The minimum Gasteiger partial charge on any atom is -0.483 e. The Labute approximate surface area is 116 Å². The second kappa shape index (κ2) is 6.50. The third-order valence-corrected chi connectivity index (χ3v) is 3.31. The number of hydrogen-bond acceptors (Lipinski definition) is 4. The van der Waals surface area contributed by atoms with Crippen LogP contribution in [0.2, 0.25) is 0 Å². The van der Waals surface area contributed by atoms with Gasteiger partial charge in [0.1, 0.15) is 11.6 Å². The van der Waals surface area contributed by atoms with Gasteiger partial charge in [0.05, 0.1) is 12.5 Å². The van der Waals surface area contributed by atoms with Gasteiger partial charge in [-0.1, -0.05) is 0 Å². The molecule has 0 radical (unpaired) electrons. The normalized spacial score (nSPS) is 22.4. The van der Waals surface area contributed by atoms with Gasteiger partial charge in [0.15, 0.2) is 11.9 Å². The fourth-order valence-corrected chi connectivity index (χ4v) is 2.25. The summed E-state index contributed by atoms with van der Waals surface area (Å²) in [6.07, 6.45) is 0.453. The molecule has 0 aromatic heterocycles. The first-order chi connectivity index (χ1) is 9.60. The van der Waals surface area contributed by atoms with Gasteiger partial charge in [0.2, 0.25) is 0 Å². The average molecular weight is 280 g/mol. The van der Waals surface area contributed by atoms with Gasteiger partial charge in [-0.15, -0.1) is 0 Å². The third kappa shape index (κ3) is 3.56. The van der Waals surface area contributed by atoms with Crippen molar-refractivity contribution in [1.29, 1.82) is 0 Å². The van der Waals surface area contributed by atoms with Crippen LogP contribution in [-0.2, 0) is 14.3 Å². The number of benzene rings is 1. The SMILES string of the molecule is CCOC(=O)C1CCC(=O)C(Oc2ccc(F)cc2)C1. The van der Waals surface area contributed by atoms with E-state index in [9.17, 15) is 14.0 Å². The minimum atomic E-state index is -0.663. The molecule has 0 bridgehead atoms. The molecule has 2 unspecified atom stereocenters. The molecule has 2 rings (SSSR count). The van der Waals surface area contributed by atoms with E-state index in [1.165, 1.54) is 24.3 Å². The zero-order valence-electron chi connectivity index (χ0n) is 11.3. The van der Waals surface area contributed by atoms with Crippen LogP contribution in [0.5, 0.6) is 5.75 Å². The summed E-state index contributed by atoms with van der Waals surface area (Å²) in [5, 5.41) is 0. The highest BCUT2D eigenvalue weighted by atomic mass is 19.1. The van der Waals surface area contributed by atoms with Gasteiger partial charge in [-0.2, -0.15) is 0 Å². The summed E-state index contributed by atoms with van der Waals surface area (Å²) in [5.74, 6) is -0.563. The minimum absolute atomic E-state index is 0.0325. The highest BCUT2D eigenvalue weighted by molar-refractivity contribution is 5.86. The Kier molecular flexibility index (Phi) is 4.71. The molecular weight excluding hydrogens is 263 g/mol. The Bertz CT molecular complexity index is 483. The molecule has 20 heavy (non-hydrogen) atoms. The number of esters is 1. The Balaban J connectivity index is 2.00. The smallest absolute Gasteiger partial charge is 0.309 e. The number of carbonyl (C=O) groups is 2. The molecule has 1 aromatic carbocycles. The van der Waals surface area contributed by atoms with Crippen molar-refractivity contribution in [3.8, 4) is 5.75 Å².